The Morgan fingerprint density at radius 3 is 2.78 bits per heavy atom. The maximum Gasteiger partial charge on any atom is 0.267 e. The van der Waals surface area contributed by atoms with Crippen molar-refractivity contribution >= 4 is 34.2 Å². The first-order valence-electron chi connectivity index (χ1n) is 6.77. The Morgan fingerprint density at radius 1 is 1.30 bits per heavy atom. The normalized spacial score (nSPS) is 12.1. The largest absolute Gasteiger partial charge is 0.382 e. The van der Waals surface area contributed by atoms with Gasteiger partial charge >= 0.3 is 0 Å². The van der Waals surface area contributed by atoms with Gasteiger partial charge in [0.1, 0.15) is 16.9 Å². The molecule has 0 aliphatic heterocycles. The molecule has 0 saturated carbocycles. The molecule has 0 aliphatic carbocycles. The van der Waals surface area contributed by atoms with Gasteiger partial charge < -0.3 is 10.2 Å². The fourth-order valence-corrected chi connectivity index (χ4v) is 2.09. The van der Waals surface area contributed by atoms with E-state index in [-0.39, 0.29) is 5.82 Å². The Hall–Kier alpha value is -2.67. The van der Waals surface area contributed by atoms with E-state index in [9.17, 15) is 9.18 Å². The predicted molar refractivity (Wildman–Crippen MR) is 83.6 cm³/mol. The van der Waals surface area contributed by atoms with Crippen molar-refractivity contribution in [1.82, 2.24) is 15.2 Å². The third kappa shape index (κ3) is 3.40. The van der Waals surface area contributed by atoms with E-state index in [1.54, 1.807) is 25.1 Å². The van der Waals surface area contributed by atoms with E-state index < -0.39 is 12.0 Å². The molecule has 0 spiro atoms. The number of aromatic nitrogens is 3. The minimum absolute atomic E-state index is 0.377. The van der Waals surface area contributed by atoms with Crippen LogP contribution >= 0.6 is 11.6 Å². The van der Waals surface area contributed by atoms with Gasteiger partial charge in [0.05, 0.1) is 0 Å². The van der Waals surface area contributed by atoms with Crippen molar-refractivity contribution in [3.05, 3.63) is 53.3 Å². The number of rotatable bonds is 4. The number of nitrogens with zero attached hydrogens (tertiary/aromatic N) is 3. The molecule has 6 nitrogen and oxygen atoms in total. The van der Waals surface area contributed by atoms with Crippen LogP contribution in [0.4, 0.5) is 10.1 Å². The lowest BCUT2D eigenvalue weighted by atomic mass is 10.3. The van der Waals surface area contributed by atoms with Crippen LogP contribution in [0.1, 0.15) is 6.92 Å². The number of carbonyl (C=O) groups is 1. The van der Waals surface area contributed by atoms with E-state index in [1.807, 2.05) is 0 Å². The standard InChI is InChI=1S/C15H12ClFN4O2/c1-9(15(22)18-12-5-3-11(17)4-6-12)23-21-14-8-10(16)2-7-13(14)19-20-21/h2-9H,1H3,(H,18,22)/t9-/m1/s1. The molecule has 1 atom stereocenters. The fraction of sp³-hybridized carbons (Fsp3) is 0.133. The molecule has 0 bridgehead atoms. The van der Waals surface area contributed by atoms with Gasteiger partial charge in [-0.2, -0.15) is 0 Å². The van der Waals surface area contributed by atoms with E-state index in [1.165, 1.54) is 24.3 Å². The smallest absolute Gasteiger partial charge is 0.267 e. The van der Waals surface area contributed by atoms with Crippen molar-refractivity contribution in [2.24, 2.45) is 0 Å². The number of carbonyl (C=O) groups excluding carboxylic acids is 1. The molecule has 23 heavy (non-hydrogen) atoms. The lowest BCUT2D eigenvalue weighted by molar-refractivity contribution is -0.127. The molecule has 0 aliphatic rings. The van der Waals surface area contributed by atoms with Crippen LogP contribution in [0.3, 0.4) is 0 Å². The number of halogens is 2. The topological polar surface area (TPSA) is 69.0 Å². The van der Waals surface area contributed by atoms with E-state index in [4.69, 9.17) is 16.4 Å². The van der Waals surface area contributed by atoms with Crippen molar-refractivity contribution in [1.29, 1.82) is 0 Å². The van der Waals surface area contributed by atoms with Crippen LogP contribution in [0.15, 0.2) is 42.5 Å². The third-order valence-electron chi connectivity index (χ3n) is 3.12. The van der Waals surface area contributed by atoms with Crippen LogP contribution in [-0.2, 0) is 4.79 Å². The third-order valence-corrected chi connectivity index (χ3v) is 3.35. The van der Waals surface area contributed by atoms with Gasteiger partial charge in [0.25, 0.3) is 5.91 Å². The molecule has 0 saturated heterocycles. The first-order chi connectivity index (χ1) is 11.0. The highest BCUT2D eigenvalue weighted by Crippen LogP contribution is 2.16. The summed E-state index contributed by atoms with van der Waals surface area (Å²) in [4.78, 5) is 18.7. The molecule has 1 amide bonds. The van der Waals surface area contributed by atoms with Crippen molar-refractivity contribution in [2.45, 2.75) is 13.0 Å². The molecule has 2 aromatic carbocycles. The SMILES string of the molecule is C[C@@H](On1nnc2ccc(Cl)cc21)C(=O)Nc1ccc(F)cc1. The van der Waals surface area contributed by atoms with Crippen molar-refractivity contribution < 1.29 is 14.0 Å². The number of amides is 1. The number of nitrogens with one attached hydrogen (secondary N) is 1. The second kappa shape index (κ2) is 6.21. The van der Waals surface area contributed by atoms with Crippen LogP contribution in [0.2, 0.25) is 5.02 Å². The highest BCUT2D eigenvalue weighted by Gasteiger charge is 2.17. The first-order valence-corrected chi connectivity index (χ1v) is 7.15. The van der Waals surface area contributed by atoms with E-state index >= 15 is 0 Å². The lowest BCUT2D eigenvalue weighted by Crippen LogP contribution is -2.35. The van der Waals surface area contributed by atoms with Gasteiger partial charge in [0, 0.05) is 10.7 Å². The van der Waals surface area contributed by atoms with Gasteiger partial charge in [-0.25, -0.2) is 4.39 Å². The van der Waals surface area contributed by atoms with Gasteiger partial charge in [-0.15, -0.1) is 5.10 Å². The highest BCUT2D eigenvalue weighted by molar-refractivity contribution is 6.31. The van der Waals surface area contributed by atoms with Crippen molar-refractivity contribution in [3.8, 4) is 0 Å². The number of fused-ring (bicyclic) bond motifs is 1. The average Bonchev–Trinajstić information content (AvgIpc) is 2.91. The maximum absolute atomic E-state index is 12.8. The van der Waals surface area contributed by atoms with Crippen molar-refractivity contribution in [3.63, 3.8) is 0 Å². The number of hydrogen-bond acceptors (Lipinski definition) is 4. The Morgan fingerprint density at radius 2 is 2.04 bits per heavy atom. The quantitative estimate of drug-likeness (QED) is 0.796. The average molecular weight is 335 g/mol. The summed E-state index contributed by atoms with van der Waals surface area (Å²) in [6.07, 6.45) is -0.844. The molecule has 1 N–H and O–H groups in total. The minimum Gasteiger partial charge on any atom is -0.382 e. The molecule has 1 aromatic heterocycles. The van der Waals surface area contributed by atoms with Crippen LogP contribution in [-0.4, -0.2) is 27.2 Å². The summed E-state index contributed by atoms with van der Waals surface area (Å²) in [5.41, 5.74) is 1.62. The monoisotopic (exact) mass is 334 g/mol. The highest BCUT2D eigenvalue weighted by atomic mass is 35.5. The van der Waals surface area contributed by atoms with Crippen LogP contribution in [0, 0.1) is 5.82 Å². The predicted octanol–water partition coefficient (Wildman–Crippen LogP) is 2.68. The molecule has 1 heterocycles. The lowest BCUT2D eigenvalue weighted by Gasteiger charge is -2.13. The molecule has 0 radical (unpaired) electrons. The fourth-order valence-electron chi connectivity index (χ4n) is 1.92. The second-order valence-electron chi connectivity index (χ2n) is 4.84. The van der Waals surface area contributed by atoms with E-state index in [0.717, 1.165) is 4.85 Å². The van der Waals surface area contributed by atoms with Gasteiger partial charge in [-0.3, -0.25) is 4.79 Å². The first kappa shape index (κ1) is 15.2. The van der Waals surface area contributed by atoms with Gasteiger partial charge in [0.2, 0.25) is 6.10 Å². The molecule has 118 valence electrons. The zero-order valence-corrected chi connectivity index (χ0v) is 12.8. The van der Waals surface area contributed by atoms with Gasteiger partial charge in [0.15, 0.2) is 0 Å². The Kier molecular flexibility index (Phi) is 4.12. The number of benzene rings is 2. The zero-order chi connectivity index (χ0) is 16.4. The summed E-state index contributed by atoms with van der Waals surface area (Å²) in [5, 5.41) is 10.9. The van der Waals surface area contributed by atoms with E-state index in [0.29, 0.717) is 21.7 Å². The minimum atomic E-state index is -0.844. The molecular formula is C15H12ClFN4O2. The molecule has 3 aromatic rings. The second-order valence-corrected chi connectivity index (χ2v) is 5.28. The molecular weight excluding hydrogens is 323 g/mol. The molecule has 0 unspecified atom stereocenters. The summed E-state index contributed by atoms with van der Waals surface area (Å²) in [7, 11) is 0. The molecule has 0 fully saturated rings. The summed E-state index contributed by atoms with van der Waals surface area (Å²) in [6.45, 7) is 1.57. The summed E-state index contributed by atoms with van der Waals surface area (Å²) < 4.78 is 12.8. The number of hydrogen-bond donors (Lipinski definition) is 1. The van der Waals surface area contributed by atoms with Crippen LogP contribution in [0.5, 0.6) is 0 Å². The summed E-state index contributed by atoms with van der Waals surface area (Å²) in [5.74, 6) is -0.777. The Bertz CT molecular complexity index is 850. The summed E-state index contributed by atoms with van der Waals surface area (Å²) >= 11 is 5.93. The van der Waals surface area contributed by atoms with Crippen LogP contribution < -0.4 is 10.2 Å². The Labute approximate surface area is 135 Å². The number of anilines is 1. The maximum atomic E-state index is 12.8. The summed E-state index contributed by atoms with van der Waals surface area (Å²) in [6, 6.07) is 10.5. The van der Waals surface area contributed by atoms with E-state index in [2.05, 4.69) is 15.6 Å². The van der Waals surface area contributed by atoms with Crippen molar-refractivity contribution in [2.75, 3.05) is 5.32 Å². The van der Waals surface area contributed by atoms with Gasteiger partial charge in [-0.05, 0) is 54.6 Å². The molecule has 3 rings (SSSR count). The Balaban J connectivity index is 1.72. The molecule has 8 heteroatoms. The van der Waals surface area contributed by atoms with Gasteiger partial charge in [-0.1, -0.05) is 16.4 Å². The zero-order valence-electron chi connectivity index (χ0n) is 12.0. The van der Waals surface area contributed by atoms with Crippen LogP contribution in [0.25, 0.3) is 11.0 Å².